The van der Waals surface area contributed by atoms with Crippen LogP contribution in [-0.4, -0.2) is 28.9 Å². The van der Waals surface area contributed by atoms with E-state index in [0.717, 1.165) is 16.7 Å². The molecule has 1 aliphatic rings. The third-order valence-electron chi connectivity index (χ3n) is 5.72. The number of para-hydroxylation sites is 1. The fourth-order valence-electron chi connectivity index (χ4n) is 3.99. The van der Waals surface area contributed by atoms with Gasteiger partial charge in [0.15, 0.2) is 0 Å². The molecule has 0 aromatic heterocycles. The third-order valence-corrected chi connectivity index (χ3v) is 5.72. The number of amides is 3. The molecule has 0 saturated heterocycles. The van der Waals surface area contributed by atoms with Crippen molar-refractivity contribution in [1.29, 1.82) is 0 Å². The van der Waals surface area contributed by atoms with E-state index >= 15 is 0 Å². The van der Waals surface area contributed by atoms with Crippen molar-refractivity contribution in [3.8, 4) is 16.9 Å². The summed E-state index contributed by atoms with van der Waals surface area (Å²) in [5.74, 6) is -1.55. The molecule has 0 saturated carbocycles. The lowest BCUT2D eigenvalue weighted by Crippen LogP contribution is -2.54. The summed E-state index contributed by atoms with van der Waals surface area (Å²) < 4.78 is 0. The van der Waals surface area contributed by atoms with Gasteiger partial charge >= 0.3 is 0 Å². The van der Waals surface area contributed by atoms with E-state index in [1.807, 2.05) is 49.4 Å². The van der Waals surface area contributed by atoms with Gasteiger partial charge in [-0.25, -0.2) is 5.01 Å². The summed E-state index contributed by atoms with van der Waals surface area (Å²) >= 11 is 0. The summed E-state index contributed by atoms with van der Waals surface area (Å²) in [4.78, 5) is 38.7. The molecule has 7 nitrogen and oxygen atoms in total. The van der Waals surface area contributed by atoms with Crippen LogP contribution in [0.5, 0.6) is 5.75 Å². The lowest BCUT2D eigenvalue weighted by molar-refractivity contribution is -0.130. The summed E-state index contributed by atoms with van der Waals surface area (Å²) in [6.07, 6.45) is 0.0177. The fourth-order valence-corrected chi connectivity index (χ4v) is 3.99. The van der Waals surface area contributed by atoms with Gasteiger partial charge in [-0.3, -0.25) is 19.8 Å². The maximum absolute atomic E-state index is 13.3. The lowest BCUT2D eigenvalue weighted by Gasteiger charge is -2.27. The standard InChI is InChI=1S/C26H25N3O4/c1-16-20-10-3-4-11-21(20)22-12-5-6-13-23(22)29(26(16)33)28-25(32)17(2)27-24(31)15-18-8-7-9-19(30)14-18/h3-14,16-17,30H,15H2,1-2H3,(H,27,31)(H,28,32)/t16?,17-/m0/s1. The minimum absolute atomic E-state index is 0.0177. The van der Waals surface area contributed by atoms with Crippen LogP contribution in [0.2, 0.25) is 0 Å². The molecule has 1 heterocycles. The quantitative estimate of drug-likeness (QED) is 0.564. The van der Waals surface area contributed by atoms with Crippen LogP contribution >= 0.6 is 0 Å². The van der Waals surface area contributed by atoms with Crippen LogP contribution in [0, 0.1) is 0 Å². The number of nitrogens with zero attached hydrogens (tertiary/aromatic N) is 1. The van der Waals surface area contributed by atoms with Crippen molar-refractivity contribution in [3.63, 3.8) is 0 Å². The largest absolute Gasteiger partial charge is 0.508 e. The summed E-state index contributed by atoms with van der Waals surface area (Å²) in [6, 6.07) is 20.6. The van der Waals surface area contributed by atoms with Gasteiger partial charge in [0.1, 0.15) is 11.8 Å². The van der Waals surface area contributed by atoms with Crippen molar-refractivity contribution in [2.24, 2.45) is 0 Å². The number of nitrogens with one attached hydrogen (secondary N) is 2. The van der Waals surface area contributed by atoms with Crippen LogP contribution in [0.3, 0.4) is 0 Å². The molecule has 4 rings (SSSR count). The smallest absolute Gasteiger partial charge is 0.261 e. The molecule has 0 bridgehead atoms. The van der Waals surface area contributed by atoms with Gasteiger partial charge in [-0.2, -0.15) is 0 Å². The summed E-state index contributed by atoms with van der Waals surface area (Å²) in [7, 11) is 0. The molecule has 7 heteroatoms. The monoisotopic (exact) mass is 443 g/mol. The predicted molar refractivity (Wildman–Crippen MR) is 125 cm³/mol. The Kier molecular flexibility index (Phi) is 6.13. The van der Waals surface area contributed by atoms with Crippen molar-refractivity contribution >= 4 is 23.4 Å². The zero-order valence-corrected chi connectivity index (χ0v) is 18.4. The molecular formula is C26H25N3O4. The summed E-state index contributed by atoms with van der Waals surface area (Å²) in [5, 5.41) is 13.5. The average Bonchev–Trinajstić information content (AvgIpc) is 2.89. The van der Waals surface area contributed by atoms with E-state index in [0.29, 0.717) is 11.3 Å². The van der Waals surface area contributed by atoms with Gasteiger partial charge in [-0.05, 0) is 48.7 Å². The Hall–Kier alpha value is -4.13. The summed E-state index contributed by atoms with van der Waals surface area (Å²) in [6.45, 7) is 3.37. The van der Waals surface area contributed by atoms with Crippen LogP contribution in [0.1, 0.15) is 30.9 Å². The molecule has 3 N–H and O–H groups in total. The van der Waals surface area contributed by atoms with Crippen LogP contribution < -0.4 is 15.8 Å². The maximum atomic E-state index is 13.3. The van der Waals surface area contributed by atoms with Crippen molar-refractivity contribution in [1.82, 2.24) is 10.7 Å². The molecular weight excluding hydrogens is 418 g/mol. The number of benzene rings is 3. The number of fused-ring (bicyclic) bond motifs is 3. The second-order valence-corrected chi connectivity index (χ2v) is 8.11. The molecule has 0 spiro atoms. The second-order valence-electron chi connectivity index (χ2n) is 8.11. The normalized spacial score (nSPS) is 15.6. The van der Waals surface area contributed by atoms with Gasteiger partial charge in [0.2, 0.25) is 5.91 Å². The molecule has 1 aliphatic heterocycles. The average molecular weight is 444 g/mol. The molecule has 33 heavy (non-hydrogen) atoms. The molecule has 1 unspecified atom stereocenters. The number of hydrazine groups is 1. The minimum atomic E-state index is -0.879. The first kappa shape index (κ1) is 22.1. The van der Waals surface area contributed by atoms with Gasteiger partial charge < -0.3 is 10.4 Å². The Labute approximate surface area is 192 Å². The van der Waals surface area contributed by atoms with Crippen LogP contribution in [0.25, 0.3) is 11.1 Å². The topological polar surface area (TPSA) is 98.7 Å². The highest BCUT2D eigenvalue weighted by Gasteiger charge is 2.33. The Bertz CT molecular complexity index is 1220. The van der Waals surface area contributed by atoms with E-state index in [1.54, 1.807) is 25.1 Å². The predicted octanol–water partition coefficient (Wildman–Crippen LogP) is 3.29. The van der Waals surface area contributed by atoms with E-state index < -0.39 is 17.9 Å². The number of hydrogen-bond acceptors (Lipinski definition) is 4. The number of hydrogen-bond donors (Lipinski definition) is 3. The molecule has 3 aromatic carbocycles. The van der Waals surface area contributed by atoms with Crippen LogP contribution in [-0.2, 0) is 20.8 Å². The Morgan fingerprint density at radius 3 is 2.45 bits per heavy atom. The molecule has 0 radical (unpaired) electrons. The zero-order chi connectivity index (χ0) is 23.5. The molecule has 168 valence electrons. The molecule has 3 amide bonds. The number of rotatable bonds is 5. The van der Waals surface area contributed by atoms with Crippen molar-refractivity contribution in [2.75, 3.05) is 5.01 Å². The molecule has 0 fully saturated rings. The van der Waals surface area contributed by atoms with E-state index in [1.165, 1.54) is 17.1 Å². The third kappa shape index (κ3) is 4.57. The van der Waals surface area contributed by atoms with E-state index in [4.69, 9.17) is 0 Å². The first-order chi connectivity index (χ1) is 15.8. The first-order valence-corrected chi connectivity index (χ1v) is 10.7. The first-order valence-electron chi connectivity index (χ1n) is 10.7. The van der Waals surface area contributed by atoms with E-state index in [-0.39, 0.29) is 24.0 Å². The van der Waals surface area contributed by atoms with Crippen LogP contribution in [0.15, 0.2) is 72.8 Å². The lowest BCUT2D eigenvalue weighted by atomic mass is 9.92. The number of aromatic hydroxyl groups is 1. The van der Waals surface area contributed by atoms with Gasteiger partial charge in [-0.15, -0.1) is 0 Å². The highest BCUT2D eigenvalue weighted by atomic mass is 16.3. The van der Waals surface area contributed by atoms with Gasteiger partial charge in [0, 0.05) is 5.56 Å². The van der Waals surface area contributed by atoms with Crippen molar-refractivity contribution < 1.29 is 19.5 Å². The molecule has 3 aromatic rings. The maximum Gasteiger partial charge on any atom is 0.261 e. The number of phenolic OH excluding ortho intramolecular Hbond substituents is 1. The second kappa shape index (κ2) is 9.16. The minimum Gasteiger partial charge on any atom is -0.508 e. The number of anilines is 1. The van der Waals surface area contributed by atoms with Gasteiger partial charge in [-0.1, -0.05) is 54.6 Å². The van der Waals surface area contributed by atoms with Gasteiger partial charge in [0.25, 0.3) is 11.8 Å². The highest BCUT2D eigenvalue weighted by molar-refractivity contribution is 6.06. The highest BCUT2D eigenvalue weighted by Crippen LogP contribution is 2.39. The van der Waals surface area contributed by atoms with Crippen LogP contribution in [0.4, 0.5) is 5.69 Å². The Morgan fingerprint density at radius 2 is 1.70 bits per heavy atom. The Balaban J connectivity index is 1.52. The number of carbonyl (C=O) groups is 3. The fraction of sp³-hybridized carbons (Fsp3) is 0.192. The SMILES string of the molecule is CC1C(=O)N(NC(=O)[C@H](C)NC(=O)Cc2cccc(O)c2)c2ccccc2-c2ccccc21. The van der Waals surface area contributed by atoms with E-state index in [9.17, 15) is 19.5 Å². The Morgan fingerprint density at radius 1 is 1.00 bits per heavy atom. The van der Waals surface area contributed by atoms with Crippen molar-refractivity contribution in [3.05, 3.63) is 83.9 Å². The number of phenols is 1. The van der Waals surface area contributed by atoms with E-state index in [2.05, 4.69) is 10.7 Å². The van der Waals surface area contributed by atoms with Gasteiger partial charge in [0.05, 0.1) is 18.0 Å². The zero-order valence-electron chi connectivity index (χ0n) is 18.4. The van der Waals surface area contributed by atoms with Crippen molar-refractivity contribution in [2.45, 2.75) is 32.2 Å². The molecule has 0 aliphatic carbocycles. The number of carbonyl (C=O) groups excluding carboxylic acids is 3. The summed E-state index contributed by atoms with van der Waals surface area (Å²) in [5.41, 5.74) is 6.57. The molecule has 2 atom stereocenters.